The summed E-state index contributed by atoms with van der Waals surface area (Å²) in [5.74, 6) is 0.657. The molecule has 0 radical (unpaired) electrons. The number of hydrogen-bond acceptors (Lipinski definition) is 4. The van der Waals surface area contributed by atoms with Crippen molar-refractivity contribution in [2.24, 2.45) is 5.92 Å². The summed E-state index contributed by atoms with van der Waals surface area (Å²) in [7, 11) is 0. The van der Waals surface area contributed by atoms with E-state index in [1.165, 1.54) is 12.8 Å². The molecule has 1 aromatic rings. The van der Waals surface area contributed by atoms with E-state index in [1.807, 2.05) is 24.3 Å². The van der Waals surface area contributed by atoms with Crippen molar-refractivity contribution in [2.75, 3.05) is 25.0 Å². The van der Waals surface area contributed by atoms with E-state index in [0.29, 0.717) is 19.7 Å². The van der Waals surface area contributed by atoms with Gasteiger partial charge in [0, 0.05) is 18.8 Å². The summed E-state index contributed by atoms with van der Waals surface area (Å²) in [6.45, 7) is 2.39. The van der Waals surface area contributed by atoms with E-state index < -0.39 is 0 Å². The highest BCUT2D eigenvalue weighted by Crippen LogP contribution is 2.27. The van der Waals surface area contributed by atoms with Gasteiger partial charge in [-0.15, -0.1) is 12.4 Å². The summed E-state index contributed by atoms with van der Waals surface area (Å²) in [6, 6.07) is 7.53. The predicted molar refractivity (Wildman–Crippen MR) is 98.7 cm³/mol. The monoisotopic (exact) mass is 367 g/mol. The molecule has 1 atom stereocenters. The summed E-state index contributed by atoms with van der Waals surface area (Å²) >= 11 is 0. The number of ether oxygens (including phenoxy) is 1. The number of carbonyl (C=O) groups is 2. The third-order valence-electron chi connectivity index (χ3n) is 4.32. The summed E-state index contributed by atoms with van der Waals surface area (Å²) in [5.41, 5.74) is 1.68. The number of rotatable bonds is 8. The number of carbonyl (C=O) groups excluding carboxylic acids is 2. The van der Waals surface area contributed by atoms with Crippen LogP contribution in [0.5, 0.6) is 0 Å². The van der Waals surface area contributed by atoms with E-state index in [9.17, 15) is 9.59 Å². The van der Waals surface area contributed by atoms with Gasteiger partial charge in [0.2, 0.25) is 5.91 Å². The summed E-state index contributed by atoms with van der Waals surface area (Å²) in [4.78, 5) is 23.9. The quantitative estimate of drug-likeness (QED) is 0.655. The van der Waals surface area contributed by atoms with Gasteiger partial charge >= 0.3 is 0 Å². The number of amides is 2. The number of hydrogen-bond donors (Lipinski definition) is 3. The molecule has 0 spiro atoms. The molecule has 1 unspecified atom stereocenters. The van der Waals surface area contributed by atoms with Crippen LogP contribution in [-0.2, 0) is 20.9 Å². The van der Waals surface area contributed by atoms with Gasteiger partial charge in [-0.1, -0.05) is 12.1 Å². The minimum absolute atomic E-state index is 0. The lowest BCUT2D eigenvalue weighted by molar-refractivity contribution is -0.124. The second kappa shape index (κ2) is 9.75. The summed E-state index contributed by atoms with van der Waals surface area (Å²) < 4.78 is 5.38. The molecule has 1 aromatic carbocycles. The highest BCUT2D eigenvalue weighted by Gasteiger charge is 2.23. The van der Waals surface area contributed by atoms with Crippen LogP contribution in [0.15, 0.2) is 24.3 Å². The van der Waals surface area contributed by atoms with Gasteiger partial charge in [-0.2, -0.15) is 0 Å². The van der Waals surface area contributed by atoms with E-state index in [4.69, 9.17) is 4.74 Å². The van der Waals surface area contributed by atoms with E-state index in [1.54, 1.807) is 0 Å². The molecule has 2 fully saturated rings. The molecule has 1 aliphatic heterocycles. The van der Waals surface area contributed by atoms with Gasteiger partial charge < -0.3 is 20.7 Å². The Kier molecular flexibility index (Phi) is 7.68. The van der Waals surface area contributed by atoms with Crippen LogP contribution < -0.4 is 16.0 Å². The van der Waals surface area contributed by atoms with E-state index >= 15 is 0 Å². The van der Waals surface area contributed by atoms with Gasteiger partial charge in [0.25, 0.3) is 5.91 Å². The minimum atomic E-state index is -0.342. The van der Waals surface area contributed by atoms with Crippen molar-refractivity contribution in [2.45, 2.75) is 38.3 Å². The molecule has 6 nitrogen and oxygen atoms in total. The van der Waals surface area contributed by atoms with Crippen molar-refractivity contribution >= 4 is 29.9 Å². The van der Waals surface area contributed by atoms with Crippen molar-refractivity contribution in [1.29, 1.82) is 0 Å². The molecule has 3 N–H and O–H groups in total. The molecule has 138 valence electrons. The van der Waals surface area contributed by atoms with Gasteiger partial charge in [0.05, 0.1) is 6.54 Å². The number of benzene rings is 1. The van der Waals surface area contributed by atoms with Crippen LogP contribution in [0.3, 0.4) is 0 Å². The highest BCUT2D eigenvalue weighted by atomic mass is 35.5. The molecule has 2 aliphatic rings. The molecule has 0 aromatic heterocycles. The van der Waals surface area contributed by atoms with E-state index in [0.717, 1.165) is 36.6 Å². The lowest BCUT2D eigenvalue weighted by Crippen LogP contribution is -2.34. The Morgan fingerprint density at radius 2 is 2.04 bits per heavy atom. The molecule has 1 saturated carbocycles. The molecule has 1 heterocycles. The van der Waals surface area contributed by atoms with Crippen molar-refractivity contribution in [3.05, 3.63) is 29.8 Å². The van der Waals surface area contributed by atoms with Crippen molar-refractivity contribution < 1.29 is 14.3 Å². The fourth-order valence-electron chi connectivity index (χ4n) is 2.74. The van der Waals surface area contributed by atoms with E-state index in [-0.39, 0.29) is 30.3 Å². The number of nitrogens with one attached hydrogen (secondary N) is 3. The Bertz CT molecular complexity index is 587. The fraction of sp³-hybridized carbons (Fsp3) is 0.556. The van der Waals surface area contributed by atoms with Crippen LogP contribution in [0.4, 0.5) is 5.69 Å². The lowest BCUT2D eigenvalue weighted by Gasteiger charge is -2.12. The van der Waals surface area contributed by atoms with Crippen LogP contribution in [-0.4, -0.2) is 37.6 Å². The molecule has 7 heteroatoms. The zero-order valence-corrected chi connectivity index (χ0v) is 15.1. The van der Waals surface area contributed by atoms with Crippen molar-refractivity contribution in [3.63, 3.8) is 0 Å². The number of anilines is 1. The van der Waals surface area contributed by atoms with Crippen LogP contribution >= 0.6 is 12.4 Å². The highest BCUT2D eigenvalue weighted by molar-refractivity contribution is 5.94. The number of halogens is 1. The first kappa shape index (κ1) is 19.7. The second-order valence-corrected chi connectivity index (χ2v) is 6.54. The van der Waals surface area contributed by atoms with Gasteiger partial charge in [0.15, 0.2) is 0 Å². The first-order chi connectivity index (χ1) is 11.7. The molecule has 3 rings (SSSR count). The zero-order chi connectivity index (χ0) is 16.8. The van der Waals surface area contributed by atoms with Crippen molar-refractivity contribution in [1.82, 2.24) is 10.6 Å². The van der Waals surface area contributed by atoms with Crippen molar-refractivity contribution in [3.8, 4) is 0 Å². The Morgan fingerprint density at radius 1 is 1.20 bits per heavy atom. The van der Waals surface area contributed by atoms with Crippen LogP contribution in [0.1, 0.15) is 31.2 Å². The van der Waals surface area contributed by atoms with E-state index in [2.05, 4.69) is 16.0 Å². The molecular formula is C18H26ClN3O3. The smallest absolute Gasteiger partial charge is 0.253 e. The molecule has 25 heavy (non-hydrogen) atoms. The molecule has 0 bridgehead atoms. The first-order valence-corrected chi connectivity index (χ1v) is 8.69. The van der Waals surface area contributed by atoms with Crippen LogP contribution in [0.25, 0.3) is 0 Å². The van der Waals surface area contributed by atoms with Crippen LogP contribution in [0.2, 0.25) is 0 Å². The molecular weight excluding hydrogens is 342 g/mol. The van der Waals surface area contributed by atoms with Gasteiger partial charge in [0.1, 0.15) is 6.10 Å². The maximum Gasteiger partial charge on any atom is 0.253 e. The molecule has 2 amide bonds. The molecule has 1 saturated heterocycles. The summed E-state index contributed by atoms with van der Waals surface area (Å²) in [5, 5.41) is 8.94. The Balaban J connectivity index is 0.00000225. The summed E-state index contributed by atoms with van der Waals surface area (Å²) in [6.07, 6.45) is 3.91. The standard InChI is InChI=1S/C18H25N3O3.ClH/c22-17(12-19-10-13-6-7-13)20-11-14-3-1-4-15(9-14)21-18(23)16-5-2-8-24-16;/h1,3-4,9,13,16,19H,2,5-8,10-12H2,(H,20,22)(H,21,23);1H. The Labute approximate surface area is 154 Å². The average molecular weight is 368 g/mol. The maximum atomic E-state index is 12.1. The Morgan fingerprint density at radius 3 is 2.76 bits per heavy atom. The molecule has 1 aliphatic carbocycles. The topological polar surface area (TPSA) is 79.5 Å². The fourth-order valence-corrected chi connectivity index (χ4v) is 2.74. The normalized spacial score (nSPS) is 19.1. The largest absolute Gasteiger partial charge is 0.368 e. The van der Waals surface area contributed by atoms with Gasteiger partial charge in [-0.05, 0) is 55.8 Å². The maximum absolute atomic E-state index is 12.1. The van der Waals surface area contributed by atoms with Crippen LogP contribution in [0, 0.1) is 5.92 Å². The third kappa shape index (κ3) is 6.65. The SMILES string of the molecule is Cl.O=C(CNCC1CC1)NCc1cccc(NC(=O)C2CCCO2)c1. The second-order valence-electron chi connectivity index (χ2n) is 6.54. The first-order valence-electron chi connectivity index (χ1n) is 8.69. The van der Waals surface area contributed by atoms with Gasteiger partial charge in [-0.25, -0.2) is 0 Å². The Hall–Kier alpha value is -1.63. The van der Waals surface area contributed by atoms with Gasteiger partial charge in [-0.3, -0.25) is 9.59 Å². The predicted octanol–water partition coefficient (Wildman–Crippen LogP) is 1.84. The minimum Gasteiger partial charge on any atom is -0.368 e. The average Bonchev–Trinajstić information content (AvgIpc) is 3.23. The lowest BCUT2D eigenvalue weighted by atomic mass is 10.2. The third-order valence-corrected chi connectivity index (χ3v) is 4.32. The zero-order valence-electron chi connectivity index (χ0n) is 14.3.